The van der Waals surface area contributed by atoms with Gasteiger partial charge in [-0.1, -0.05) is 12.8 Å². The van der Waals surface area contributed by atoms with E-state index in [0.29, 0.717) is 5.92 Å². The topological polar surface area (TPSA) is 84.2 Å². The summed E-state index contributed by atoms with van der Waals surface area (Å²) in [6.07, 6.45) is 4.34. The smallest absolute Gasteiger partial charge is 0.236 e. The second kappa shape index (κ2) is 4.41. The van der Waals surface area contributed by atoms with E-state index in [1.807, 2.05) is 0 Å². The molecular weight excluding hydrogens is 206 g/mol. The van der Waals surface area contributed by atoms with E-state index in [9.17, 15) is 9.59 Å². The summed E-state index contributed by atoms with van der Waals surface area (Å²) in [4.78, 5) is 22.8. The molecule has 0 radical (unpaired) electrons. The van der Waals surface area contributed by atoms with E-state index < -0.39 is 5.91 Å². The summed E-state index contributed by atoms with van der Waals surface area (Å²) in [7, 11) is 0. The predicted molar refractivity (Wildman–Crippen MR) is 59.5 cm³/mol. The highest BCUT2D eigenvalue weighted by Gasteiger charge is 2.49. The number of fused-ring (bicyclic) bond motifs is 1. The van der Waals surface area contributed by atoms with Crippen molar-refractivity contribution in [1.29, 1.82) is 0 Å². The van der Waals surface area contributed by atoms with Crippen LogP contribution in [-0.2, 0) is 9.59 Å². The van der Waals surface area contributed by atoms with Crippen molar-refractivity contribution in [3.8, 4) is 0 Å². The number of nitrogens with one attached hydrogen (secondary N) is 2. The number of hydrogen-bond donors (Lipinski definition) is 3. The summed E-state index contributed by atoms with van der Waals surface area (Å²) in [6.45, 7) is 1.61. The molecule has 1 saturated carbocycles. The molecule has 5 nitrogen and oxygen atoms in total. The molecule has 2 amide bonds. The van der Waals surface area contributed by atoms with Crippen molar-refractivity contribution in [2.75, 3.05) is 19.6 Å². The minimum atomic E-state index is -0.483. The first kappa shape index (κ1) is 11.4. The van der Waals surface area contributed by atoms with E-state index in [2.05, 4.69) is 10.6 Å². The van der Waals surface area contributed by atoms with Crippen molar-refractivity contribution >= 4 is 11.8 Å². The SMILES string of the molecule is NC(=O)CNC(=O)[C@@]12CCCC[C@H]1CNC2. The van der Waals surface area contributed by atoms with E-state index in [4.69, 9.17) is 5.73 Å². The maximum absolute atomic E-state index is 12.1. The zero-order valence-corrected chi connectivity index (χ0v) is 9.42. The highest BCUT2D eigenvalue weighted by atomic mass is 16.2. The molecule has 2 rings (SSSR count). The van der Waals surface area contributed by atoms with E-state index in [-0.39, 0.29) is 17.9 Å². The van der Waals surface area contributed by atoms with Crippen molar-refractivity contribution < 1.29 is 9.59 Å². The molecular formula is C11H19N3O2. The summed E-state index contributed by atoms with van der Waals surface area (Å²) in [5, 5.41) is 5.96. The van der Waals surface area contributed by atoms with Crippen LogP contribution in [0.4, 0.5) is 0 Å². The summed E-state index contributed by atoms with van der Waals surface area (Å²) in [5.74, 6) is -0.0572. The summed E-state index contributed by atoms with van der Waals surface area (Å²) in [5.41, 5.74) is 4.75. The minimum absolute atomic E-state index is 0.000926. The van der Waals surface area contributed by atoms with E-state index >= 15 is 0 Å². The van der Waals surface area contributed by atoms with Gasteiger partial charge in [-0.2, -0.15) is 0 Å². The van der Waals surface area contributed by atoms with Gasteiger partial charge >= 0.3 is 0 Å². The van der Waals surface area contributed by atoms with Crippen LogP contribution >= 0.6 is 0 Å². The quantitative estimate of drug-likeness (QED) is 0.598. The summed E-state index contributed by atoms with van der Waals surface area (Å²) in [6, 6.07) is 0. The third-order valence-electron chi connectivity index (χ3n) is 3.91. The lowest BCUT2D eigenvalue weighted by Crippen LogP contribution is -2.49. The Balaban J connectivity index is 2.04. The number of nitrogens with two attached hydrogens (primary N) is 1. The van der Waals surface area contributed by atoms with E-state index in [0.717, 1.165) is 32.4 Å². The van der Waals surface area contributed by atoms with Crippen LogP contribution in [0.3, 0.4) is 0 Å². The van der Waals surface area contributed by atoms with Gasteiger partial charge in [-0.15, -0.1) is 0 Å². The van der Waals surface area contributed by atoms with Crippen molar-refractivity contribution in [2.45, 2.75) is 25.7 Å². The number of amides is 2. The molecule has 1 heterocycles. The molecule has 5 heteroatoms. The molecule has 90 valence electrons. The average molecular weight is 225 g/mol. The van der Waals surface area contributed by atoms with Crippen LogP contribution < -0.4 is 16.4 Å². The van der Waals surface area contributed by atoms with Gasteiger partial charge in [0.25, 0.3) is 0 Å². The Morgan fingerprint density at radius 3 is 3.00 bits per heavy atom. The number of hydrogen-bond acceptors (Lipinski definition) is 3. The maximum atomic E-state index is 12.1. The molecule has 1 saturated heterocycles. The molecule has 1 aliphatic carbocycles. The van der Waals surface area contributed by atoms with Gasteiger partial charge in [0.05, 0.1) is 12.0 Å². The molecule has 2 atom stereocenters. The second-order valence-electron chi connectivity index (χ2n) is 4.88. The number of carbonyl (C=O) groups excluding carboxylic acids is 2. The lowest BCUT2D eigenvalue weighted by Gasteiger charge is -2.36. The van der Waals surface area contributed by atoms with Crippen molar-refractivity contribution in [2.24, 2.45) is 17.1 Å². The lowest BCUT2D eigenvalue weighted by molar-refractivity contribution is -0.135. The Hall–Kier alpha value is -1.10. The van der Waals surface area contributed by atoms with E-state index in [1.54, 1.807) is 0 Å². The first-order chi connectivity index (χ1) is 7.65. The van der Waals surface area contributed by atoms with Crippen LogP contribution in [0, 0.1) is 11.3 Å². The Morgan fingerprint density at radius 1 is 1.44 bits per heavy atom. The molecule has 0 unspecified atom stereocenters. The fourth-order valence-corrected chi connectivity index (χ4v) is 3.03. The molecule has 0 aromatic carbocycles. The third-order valence-corrected chi connectivity index (χ3v) is 3.91. The fourth-order valence-electron chi connectivity index (χ4n) is 3.03. The molecule has 0 spiro atoms. The molecule has 2 fully saturated rings. The highest BCUT2D eigenvalue weighted by Crippen LogP contribution is 2.43. The van der Waals surface area contributed by atoms with Crippen LogP contribution in [0.5, 0.6) is 0 Å². The van der Waals surface area contributed by atoms with Gasteiger partial charge in [0.15, 0.2) is 0 Å². The van der Waals surface area contributed by atoms with Crippen molar-refractivity contribution in [1.82, 2.24) is 10.6 Å². The minimum Gasteiger partial charge on any atom is -0.368 e. The third kappa shape index (κ3) is 1.91. The first-order valence-corrected chi connectivity index (χ1v) is 5.92. The maximum Gasteiger partial charge on any atom is 0.236 e. The average Bonchev–Trinajstić information content (AvgIpc) is 2.70. The first-order valence-electron chi connectivity index (χ1n) is 5.92. The van der Waals surface area contributed by atoms with Gasteiger partial charge in [-0.05, 0) is 25.3 Å². The fraction of sp³-hybridized carbons (Fsp3) is 0.818. The molecule has 0 aromatic heterocycles. The van der Waals surface area contributed by atoms with Gasteiger partial charge in [0, 0.05) is 6.54 Å². The Bertz CT molecular complexity index is 306. The Morgan fingerprint density at radius 2 is 2.25 bits per heavy atom. The number of carbonyl (C=O) groups is 2. The molecule has 0 bridgehead atoms. The molecule has 2 aliphatic rings. The molecule has 4 N–H and O–H groups in total. The molecule has 16 heavy (non-hydrogen) atoms. The van der Waals surface area contributed by atoms with Gasteiger partial charge in [0.2, 0.25) is 11.8 Å². The molecule has 1 aliphatic heterocycles. The van der Waals surface area contributed by atoms with Crippen LogP contribution in [0.2, 0.25) is 0 Å². The monoisotopic (exact) mass is 225 g/mol. The van der Waals surface area contributed by atoms with Crippen LogP contribution in [-0.4, -0.2) is 31.4 Å². The zero-order valence-electron chi connectivity index (χ0n) is 9.42. The second-order valence-corrected chi connectivity index (χ2v) is 4.88. The Labute approximate surface area is 95.1 Å². The number of primary amides is 1. The molecule has 0 aromatic rings. The van der Waals surface area contributed by atoms with Gasteiger partial charge in [-0.25, -0.2) is 0 Å². The normalized spacial score (nSPS) is 33.1. The Kier molecular flexibility index (Phi) is 3.14. The predicted octanol–water partition coefficient (Wildman–Crippen LogP) is -0.632. The van der Waals surface area contributed by atoms with Crippen LogP contribution in [0.15, 0.2) is 0 Å². The van der Waals surface area contributed by atoms with Crippen molar-refractivity contribution in [3.63, 3.8) is 0 Å². The van der Waals surface area contributed by atoms with Gasteiger partial charge in [0.1, 0.15) is 0 Å². The van der Waals surface area contributed by atoms with Crippen molar-refractivity contribution in [3.05, 3.63) is 0 Å². The van der Waals surface area contributed by atoms with E-state index in [1.165, 1.54) is 6.42 Å². The summed E-state index contributed by atoms with van der Waals surface area (Å²) >= 11 is 0. The summed E-state index contributed by atoms with van der Waals surface area (Å²) < 4.78 is 0. The number of rotatable bonds is 3. The van der Waals surface area contributed by atoms with Crippen LogP contribution in [0.25, 0.3) is 0 Å². The van der Waals surface area contributed by atoms with Crippen LogP contribution in [0.1, 0.15) is 25.7 Å². The van der Waals surface area contributed by atoms with Gasteiger partial charge < -0.3 is 16.4 Å². The standard InChI is InChI=1S/C11H19N3O2/c12-9(15)6-14-10(16)11-4-2-1-3-8(11)5-13-7-11/h8,13H,1-7H2,(H2,12,15)(H,14,16)/t8-,11+/m0/s1. The lowest BCUT2D eigenvalue weighted by atomic mass is 9.67. The largest absolute Gasteiger partial charge is 0.368 e. The zero-order chi connectivity index (χ0) is 11.6. The van der Waals surface area contributed by atoms with Gasteiger partial charge in [-0.3, -0.25) is 9.59 Å². The highest BCUT2D eigenvalue weighted by molar-refractivity contribution is 5.88.